The summed E-state index contributed by atoms with van der Waals surface area (Å²) in [5, 5.41) is 30.2. The van der Waals surface area contributed by atoms with Crippen LogP contribution in [0, 0.1) is 40.7 Å². The van der Waals surface area contributed by atoms with E-state index in [1.54, 1.807) is 16.8 Å². The summed E-state index contributed by atoms with van der Waals surface area (Å²) < 4.78 is 42.4. The Kier molecular flexibility index (Phi) is 8.52. The molecule has 2 heterocycles. The summed E-state index contributed by atoms with van der Waals surface area (Å²) >= 11 is 1.12. The second kappa shape index (κ2) is 11.9. The lowest BCUT2D eigenvalue weighted by Gasteiger charge is -2.09. The largest absolute Gasteiger partial charge is 0.870 e. The number of hydrogen-bond donors (Lipinski definition) is 2. The third-order valence-corrected chi connectivity index (χ3v) is 7.94. The smallest absolute Gasteiger partial charge is 0.355 e. The van der Waals surface area contributed by atoms with Crippen molar-refractivity contribution in [3.63, 3.8) is 0 Å². The van der Waals surface area contributed by atoms with Gasteiger partial charge >= 0.3 is 5.97 Å². The van der Waals surface area contributed by atoms with E-state index in [-0.39, 0.29) is 28.0 Å². The van der Waals surface area contributed by atoms with Gasteiger partial charge in [-0.3, -0.25) is 0 Å². The maximum absolute atomic E-state index is 14.7. The molecule has 0 amide bonds. The number of carbonyl (C=O) groups is 1. The highest BCUT2D eigenvalue weighted by Crippen LogP contribution is 2.38. The van der Waals surface area contributed by atoms with E-state index in [9.17, 15) is 22.9 Å². The van der Waals surface area contributed by atoms with Gasteiger partial charge in [0.25, 0.3) is 0 Å². The van der Waals surface area contributed by atoms with E-state index in [1.807, 2.05) is 0 Å². The molecule has 2 aromatic heterocycles. The van der Waals surface area contributed by atoms with Gasteiger partial charge in [-0.2, -0.15) is 10.4 Å². The van der Waals surface area contributed by atoms with E-state index < -0.39 is 28.6 Å². The Morgan fingerprint density at radius 2 is 2.00 bits per heavy atom. The van der Waals surface area contributed by atoms with Crippen LogP contribution in [-0.4, -0.2) is 31.3 Å². The van der Waals surface area contributed by atoms with Gasteiger partial charge in [-0.05, 0) is 67.0 Å². The summed E-state index contributed by atoms with van der Waals surface area (Å²) in [6.45, 7) is 0. The molecule has 0 bridgehead atoms. The fraction of sp³-hybridized carbons (Fsp3) is 0.185. The third kappa shape index (κ3) is 5.98. The maximum atomic E-state index is 14.7. The lowest BCUT2D eigenvalue weighted by molar-refractivity contribution is 0.0691. The topological polar surface area (TPSA) is 165 Å². The molecule has 4 aromatic rings. The van der Waals surface area contributed by atoms with Crippen molar-refractivity contribution in [2.45, 2.75) is 30.6 Å². The molecule has 2 aromatic carbocycles. The first kappa shape index (κ1) is 28.7. The Morgan fingerprint density at radius 3 is 2.62 bits per heavy atom. The third-order valence-electron chi connectivity index (χ3n) is 6.28. The molecule has 5 rings (SSSR count). The minimum atomic E-state index is -2.35. The monoisotopic (exact) mass is 581 g/mol. The number of thiazole rings is 1. The number of thiol groups is 1. The average Bonchev–Trinajstić information content (AvgIpc) is 3.46. The molecule has 1 aliphatic carbocycles. The number of hydrogen-bond acceptors (Lipinski definition) is 7. The van der Waals surface area contributed by atoms with Crippen molar-refractivity contribution >= 4 is 28.3 Å². The van der Waals surface area contributed by atoms with Gasteiger partial charge < -0.3 is 10.6 Å². The van der Waals surface area contributed by atoms with Gasteiger partial charge in [-0.15, -0.1) is 16.5 Å². The number of nitrogens with two attached hydrogens (primary N) is 1. The van der Waals surface area contributed by atoms with Crippen molar-refractivity contribution in [1.29, 1.82) is 5.26 Å². The van der Waals surface area contributed by atoms with Crippen molar-refractivity contribution < 1.29 is 28.4 Å². The summed E-state index contributed by atoms with van der Waals surface area (Å²) in [5.74, 6) is 2.64. The molecular weight excluding hydrogens is 560 g/mol. The van der Waals surface area contributed by atoms with E-state index in [2.05, 4.69) is 16.8 Å². The van der Waals surface area contributed by atoms with Gasteiger partial charge in [-0.1, -0.05) is 10.3 Å². The molecule has 1 unspecified atom stereocenters. The van der Waals surface area contributed by atoms with E-state index in [0.717, 1.165) is 35.4 Å². The molecule has 1 fully saturated rings. The molecule has 0 aliphatic heterocycles. The first-order valence-electron chi connectivity index (χ1n) is 11.8. The number of rotatable bonds is 8. The van der Waals surface area contributed by atoms with Crippen molar-refractivity contribution in [2.24, 2.45) is 11.1 Å². The van der Waals surface area contributed by atoms with Crippen LogP contribution in [0.4, 0.5) is 8.78 Å². The maximum Gasteiger partial charge on any atom is 0.355 e. The van der Waals surface area contributed by atoms with Crippen LogP contribution in [0.2, 0.25) is 0 Å². The quantitative estimate of drug-likeness (QED) is 0.179. The standard InChI is InChI=1S/C27H19F2N5O3S2.H2O/c28-20-7-6-18(13-17(20)2-1-9-30)25-19(10-16-5-8-24(39(31)37)21(29)11-16)23(12-15-3-4-15)34(33-25)27-32-22(14-38-27)26(35)36;/h5-8,11,13-15H,3-4,10,12H2,(H2,31,37)(H,35,36);1H2. The number of nitriles is 1. The first-order chi connectivity index (χ1) is 18.7. The van der Waals surface area contributed by atoms with Gasteiger partial charge in [0.05, 0.1) is 17.0 Å². The molecule has 1 atom stereocenters. The fourth-order valence-corrected chi connectivity index (χ4v) is 5.50. The molecule has 0 spiro atoms. The highest BCUT2D eigenvalue weighted by molar-refractivity contribution is 7.82. The van der Waals surface area contributed by atoms with Crippen LogP contribution < -0.4 is 5.14 Å². The van der Waals surface area contributed by atoms with Crippen molar-refractivity contribution in [1.82, 2.24) is 14.8 Å². The second-order valence-electron chi connectivity index (χ2n) is 9.00. The van der Waals surface area contributed by atoms with Gasteiger partial charge in [-0.25, -0.2) is 23.2 Å². The van der Waals surface area contributed by atoms with Crippen molar-refractivity contribution in [2.75, 3.05) is 0 Å². The highest BCUT2D eigenvalue weighted by atomic mass is 32.2. The van der Waals surface area contributed by atoms with Gasteiger partial charge in [0.2, 0.25) is 10.0 Å². The summed E-state index contributed by atoms with van der Waals surface area (Å²) in [6, 6.07) is 10.2. The number of nitrogens with zero attached hydrogens (tertiary/aromatic N) is 4. The summed E-state index contributed by atoms with van der Waals surface area (Å²) in [7, 11) is -2.35. The van der Waals surface area contributed by atoms with E-state index in [4.69, 9.17) is 15.5 Å². The van der Waals surface area contributed by atoms with Crippen LogP contribution in [0.5, 0.6) is 0 Å². The molecule has 0 radical (unpaired) electrons. The Labute approximate surface area is 233 Å². The SMILES string of the molecule is N#CC#Cc1cc(-c2nn(-c3nc(C(=O)O)cs3)c(CC3CC3)c2Cc2ccc([SH+](N)=O)c(F)c2)ccc1F.[OH-]. The summed E-state index contributed by atoms with van der Waals surface area (Å²) in [5.41, 5.74) is 2.96. The van der Waals surface area contributed by atoms with Crippen LogP contribution in [0.25, 0.3) is 16.4 Å². The molecule has 0 saturated heterocycles. The molecule has 204 valence electrons. The van der Waals surface area contributed by atoms with Crippen LogP contribution >= 0.6 is 11.3 Å². The van der Waals surface area contributed by atoms with Crippen LogP contribution in [0.15, 0.2) is 46.7 Å². The van der Waals surface area contributed by atoms with E-state index in [0.29, 0.717) is 34.3 Å². The van der Waals surface area contributed by atoms with Crippen LogP contribution in [0.1, 0.15) is 45.7 Å². The van der Waals surface area contributed by atoms with Crippen molar-refractivity contribution in [3.8, 4) is 34.3 Å². The number of carboxylic acid groups (broad SMARTS) is 1. The molecule has 13 heteroatoms. The highest BCUT2D eigenvalue weighted by Gasteiger charge is 2.29. The molecule has 1 saturated carbocycles. The lowest BCUT2D eigenvalue weighted by atomic mass is 9.96. The fourth-order valence-electron chi connectivity index (χ4n) is 4.23. The number of benzene rings is 2. The van der Waals surface area contributed by atoms with E-state index >= 15 is 0 Å². The summed E-state index contributed by atoms with van der Waals surface area (Å²) in [4.78, 5) is 15.7. The minimum absolute atomic E-state index is 0. The first-order valence-corrected chi connectivity index (χ1v) is 14.0. The number of halogens is 2. The van der Waals surface area contributed by atoms with Gasteiger partial charge in [0.1, 0.15) is 5.82 Å². The Bertz CT molecular complexity index is 1750. The molecule has 4 N–H and O–H groups in total. The van der Waals surface area contributed by atoms with Crippen LogP contribution in [0.3, 0.4) is 0 Å². The lowest BCUT2D eigenvalue weighted by Crippen LogP contribution is -2.07. The summed E-state index contributed by atoms with van der Waals surface area (Å²) in [6.07, 6.45) is 2.90. The molecule has 9 nitrogen and oxygen atoms in total. The molecule has 1 aliphatic rings. The Balaban J connectivity index is 0.00000370. The Morgan fingerprint density at radius 1 is 1.23 bits per heavy atom. The van der Waals surface area contributed by atoms with Gasteiger partial charge in [0.15, 0.2) is 28.6 Å². The predicted octanol–water partition coefficient (Wildman–Crippen LogP) is 4.14. The number of aromatic nitrogens is 3. The zero-order valence-corrected chi connectivity index (χ0v) is 22.3. The van der Waals surface area contributed by atoms with Gasteiger partial charge in [0, 0.05) is 28.8 Å². The Hall–Kier alpha value is -4.27. The van der Waals surface area contributed by atoms with E-state index in [1.165, 1.54) is 35.7 Å². The predicted molar refractivity (Wildman–Crippen MR) is 144 cm³/mol. The minimum Gasteiger partial charge on any atom is -0.870 e. The zero-order chi connectivity index (χ0) is 27.7. The number of aromatic carboxylic acids is 1. The normalized spacial score (nSPS) is 13.1. The second-order valence-corrected chi connectivity index (χ2v) is 11.0. The van der Waals surface area contributed by atoms with Crippen LogP contribution in [-0.2, 0) is 28.0 Å². The molecule has 40 heavy (non-hydrogen) atoms. The molecular formula is C27H21F2N5O4S2. The average molecular weight is 582 g/mol. The zero-order valence-electron chi connectivity index (χ0n) is 20.6. The number of carboxylic acids is 1. The van der Waals surface area contributed by atoms with Crippen molar-refractivity contribution in [3.05, 3.63) is 81.5 Å².